The molecule has 0 radical (unpaired) electrons. The Bertz CT molecular complexity index is 1120. The molecule has 3 fully saturated rings. The summed E-state index contributed by atoms with van der Waals surface area (Å²) in [5, 5.41) is 0. The number of anilines is 1. The molecule has 0 bridgehead atoms. The van der Waals surface area contributed by atoms with Crippen LogP contribution in [0.5, 0.6) is 0 Å². The molecule has 2 saturated heterocycles. The van der Waals surface area contributed by atoms with Crippen LogP contribution in [0.2, 0.25) is 0 Å². The molecule has 0 aromatic heterocycles. The first-order valence-electron chi connectivity index (χ1n) is 12.6. The molecule has 0 spiro atoms. The number of benzene rings is 2. The first kappa shape index (κ1) is 21.3. The van der Waals surface area contributed by atoms with Crippen molar-refractivity contribution in [2.45, 2.75) is 50.6 Å². The standard InChI is InChI=1S/C29H30N2O3/c32-27-23-18-10-17-22(24(23)28(33)31(27)21-15-8-3-9-16-21)25-26(19-11-4-1-5-12-19)30(29(25)34)20-13-6-2-7-14-20/h1,3-5,8-12,15-17,20,22-26H,2,6-7,13-14,18H2/t22-,23+,24-,25-,26+/m0/s1. The van der Waals surface area contributed by atoms with E-state index in [4.69, 9.17) is 0 Å². The lowest BCUT2D eigenvalue weighted by atomic mass is 9.64. The molecule has 5 nitrogen and oxygen atoms in total. The van der Waals surface area contributed by atoms with Crippen molar-refractivity contribution < 1.29 is 14.4 Å². The predicted octanol–water partition coefficient (Wildman–Crippen LogP) is 4.90. The molecule has 2 heterocycles. The number of hydrogen-bond acceptors (Lipinski definition) is 3. The minimum Gasteiger partial charge on any atom is -0.332 e. The van der Waals surface area contributed by atoms with Crippen molar-refractivity contribution in [1.29, 1.82) is 0 Å². The molecule has 0 unspecified atom stereocenters. The molecular formula is C29H30N2O3. The van der Waals surface area contributed by atoms with Gasteiger partial charge in [0.25, 0.3) is 0 Å². The number of amides is 3. The highest BCUT2D eigenvalue weighted by atomic mass is 16.2. The number of fused-ring (bicyclic) bond motifs is 1. The Morgan fingerprint density at radius 3 is 2.09 bits per heavy atom. The van der Waals surface area contributed by atoms with Crippen molar-refractivity contribution in [3.8, 4) is 0 Å². The first-order chi connectivity index (χ1) is 16.7. The van der Waals surface area contributed by atoms with E-state index in [-0.39, 0.29) is 41.6 Å². The first-order valence-corrected chi connectivity index (χ1v) is 12.6. The second-order valence-corrected chi connectivity index (χ2v) is 10.1. The van der Waals surface area contributed by atoms with Crippen LogP contribution in [0.3, 0.4) is 0 Å². The lowest BCUT2D eigenvalue weighted by Crippen LogP contribution is -2.62. The Labute approximate surface area is 200 Å². The number of hydrogen-bond donors (Lipinski definition) is 0. The Morgan fingerprint density at radius 1 is 0.706 bits per heavy atom. The maximum atomic E-state index is 13.8. The molecule has 6 rings (SSSR count). The highest BCUT2D eigenvalue weighted by Crippen LogP contribution is 2.53. The fourth-order valence-corrected chi connectivity index (χ4v) is 6.80. The fourth-order valence-electron chi connectivity index (χ4n) is 6.80. The van der Waals surface area contributed by atoms with Gasteiger partial charge in [-0.25, -0.2) is 0 Å². The number of likely N-dealkylation sites (tertiary alicyclic amines) is 1. The van der Waals surface area contributed by atoms with Gasteiger partial charge in [0.1, 0.15) is 0 Å². The number of β-lactam (4-membered cyclic amide) rings is 1. The lowest BCUT2D eigenvalue weighted by Gasteiger charge is -2.55. The maximum absolute atomic E-state index is 13.8. The van der Waals surface area contributed by atoms with Crippen LogP contribution in [0.1, 0.15) is 50.1 Å². The van der Waals surface area contributed by atoms with Crippen molar-refractivity contribution in [2.75, 3.05) is 4.90 Å². The van der Waals surface area contributed by atoms with Crippen LogP contribution in [0.25, 0.3) is 0 Å². The smallest absolute Gasteiger partial charge is 0.238 e. The van der Waals surface area contributed by atoms with E-state index in [1.165, 1.54) is 11.3 Å². The van der Waals surface area contributed by atoms with Crippen molar-refractivity contribution in [3.63, 3.8) is 0 Å². The molecular weight excluding hydrogens is 424 g/mol. The van der Waals surface area contributed by atoms with Gasteiger partial charge < -0.3 is 4.90 Å². The number of carbonyl (C=O) groups excluding carboxylic acids is 3. The Kier molecular flexibility index (Phi) is 5.35. The van der Waals surface area contributed by atoms with Crippen molar-refractivity contribution in [3.05, 3.63) is 78.4 Å². The van der Waals surface area contributed by atoms with E-state index in [0.29, 0.717) is 12.1 Å². The summed E-state index contributed by atoms with van der Waals surface area (Å²) in [5.74, 6) is -1.59. The van der Waals surface area contributed by atoms with Gasteiger partial charge in [-0.3, -0.25) is 19.3 Å². The van der Waals surface area contributed by atoms with E-state index in [9.17, 15) is 14.4 Å². The third-order valence-corrected chi connectivity index (χ3v) is 8.36. The van der Waals surface area contributed by atoms with Gasteiger partial charge in [0.05, 0.1) is 29.5 Å². The van der Waals surface area contributed by atoms with Crippen molar-refractivity contribution >= 4 is 23.4 Å². The molecule has 4 aliphatic rings. The fraction of sp³-hybridized carbons (Fsp3) is 0.414. The Hall–Kier alpha value is -3.21. The molecule has 5 heteroatoms. The second-order valence-electron chi connectivity index (χ2n) is 10.1. The van der Waals surface area contributed by atoms with Gasteiger partial charge in [0.15, 0.2) is 0 Å². The summed E-state index contributed by atoms with van der Waals surface area (Å²) >= 11 is 0. The number of rotatable bonds is 4. The van der Waals surface area contributed by atoms with Crippen LogP contribution in [-0.2, 0) is 14.4 Å². The molecule has 3 amide bonds. The summed E-state index contributed by atoms with van der Waals surface area (Å²) in [6.07, 6.45) is 10.3. The third kappa shape index (κ3) is 3.24. The molecule has 1 saturated carbocycles. The highest BCUT2D eigenvalue weighted by Gasteiger charge is 2.60. The zero-order chi connectivity index (χ0) is 23.2. The average Bonchev–Trinajstić information content (AvgIpc) is 3.14. The van der Waals surface area contributed by atoms with Gasteiger partial charge in [0, 0.05) is 12.0 Å². The van der Waals surface area contributed by atoms with Crippen molar-refractivity contribution in [2.24, 2.45) is 23.7 Å². The zero-order valence-corrected chi connectivity index (χ0v) is 19.3. The van der Waals surface area contributed by atoms with Crippen LogP contribution in [0.4, 0.5) is 5.69 Å². The second kappa shape index (κ2) is 8.53. The van der Waals surface area contributed by atoms with Gasteiger partial charge >= 0.3 is 0 Å². The number of nitrogens with zero attached hydrogens (tertiary/aromatic N) is 2. The molecule has 2 aromatic carbocycles. The summed E-state index contributed by atoms with van der Waals surface area (Å²) in [6, 6.07) is 19.7. The van der Waals surface area contributed by atoms with Gasteiger partial charge in [-0.2, -0.15) is 0 Å². The van der Waals surface area contributed by atoms with E-state index in [1.807, 2.05) is 54.6 Å². The van der Waals surface area contributed by atoms with Gasteiger partial charge in [-0.1, -0.05) is 79.9 Å². The lowest BCUT2D eigenvalue weighted by molar-refractivity contribution is -0.169. The van der Waals surface area contributed by atoms with Crippen LogP contribution in [0.15, 0.2) is 72.8 Å². The minimum atomic E-state index is -0.480. The van der Waals surface area contributed by atoms with E-state index in [0.717, 1.165) is 31.2 Å². The molecule has 2 aromatic rings. The summed E-state index contributed by atoms with van der Waals surface area (Å²) in [6.45, 7) is 0. The van der Waals surface area contributed by atoms with Gasteiger partial charge in [-0.15, -0.1) is 0 Å². The molecule has 34 heavy (non-hydrogen) atoms. The van der Waals surface area contributed by atoms with Crippen LogP contribution in [-0.4, -0.2) is 28.7 Å². The largest absolute Gasteiger partial charge is 0.332 e. The molecule has 2 aliphatic heterocycles. The molecule has 5 atom stereocenters. The Morgan fingerprint density at radius 2 is 1.38 bits per heavy atom. The predicted molar refractivity (Wildman–Crippen MR) is 130 cm³/mol. The number of allylic oxidation sites excluding steroid dienone is 2. The quantitative estimate of drug-likeness (QED) is 0.375. The summed E-state index contributed by atoms with van der Waals surface area (Å²) in [7, 11) is 0. The number of imide groups is 1. The van der Waals surface area contributed by atoms with Gasteiger partial charge in [0.2, 0.25) is 17.7 Å². The SMILES string of the molecule is O=C1[C@H]2[C@@H]([C@@H]3C(=O)N(C4CCCCC4)[C@@H]3c3ccccc3)C=CC[C@H]2C(=O)N1c1ccccc1. The number of carbonyl (C=O) groups is 3. The number of para-hydroxylation sites is 1. The van der Waals surface area contributed by atoms with E-state index in [1.54, 1.807) is 0 Å². The summed E-state index contributed by atoms with van der Waals surface area (Å²) < 4.78 is 0. The van der Waals surface area contributed by atoms with E-state index < -0.39 is 11.8 Å². The normalized spacial score (nSPS) is 31.5. The van der Waals surface area contributed by atoms with Crippen molar-refractivity contribution in [1.82, 2.24) is 4.90 Å². The monoisotopic (exact) mass is 454 g/mol. The molecule has 0 N–H and O–H groups in total. The average molecular weight is 455 g/mol. The Balaban J connectivity index is 1.35. The highest BCUT2D eigenvalue weighted by molar-refractivity contribution is 6.22. The third-order valence-electron chi connectivity index (χ3n) is 8.36. The maximum Gasteiger partial charge on any atom is 0.238 e. The molecule has 2 aliphatic carbocycles. The van der Waals surface area contributed by atoms with Crippen LogP contribution >= 0.6 is 0 Å². The van der Waals surface area contributed by atoms with Gasteiger partial charge in [-0.05, 0) is 37.0 Å². The van der Waals surface area contributed by atoms with E-state index in [2.05, 4.69) is 23.1 Å². The zero-order valence-electron chi connectivity index (χ0n) is 19.3. The van der Waals surface area contributed by atoms with Crippen LogP contribution < -0.4 is 4.90 Å². The summed E-state index contributed by atoms with van der Waals surface area (Å²) in [4.78, 5) is 44.2. The topological polar surface area (TPSA) is 57.7 Å². The van der Waals surface area contributed by atoms with Crippen LogP contribution in [0, 0.1) is 23.7 Å². The summed E-state index contributed by atoms with van der Waals surface area (Å²) in [5.41, 5.74) is 1.75. The minimum absolute atomic E-state index is 0.0427. The van der Waals surface area contributed by atoms with E-state index >= 15 is 0 Å². The molecule has 174 valence electrons.